The summed E-state index contributed by atoms with van der Waals surface area (Å²) in [6.07, 6.45) is 3.65. The van der Waals surface area contributed by atoms with Crippen molar-refractivity contribution in [3.8, 4) is 5.75 Å². The Balaban J connectivity index is 2.11. The number of carbonyl (C=O) groups is 1. The van der Waals surface area contributed by atoms with Crippen molar-refractivity contribution in [2.75, 3.05) is 5.73 Å². The molecule has 1 aromatic heterocycles. The number of benzene rings is 1. The topological polar surface area (TPSA) is 92.3 Å². The molecule has 1 aromatic carbocycles. The molecule has 0 bridgehead atoms. The fourth-order valence-electron chi connectivity index (χ4n) is 3.53. The molecule has 0 fully saturated rings. The first-order chi connectivity index (χ1) is 13.4. The number of esters is 1. The highest BCUT2D eigenvalue weighted by atomic mass is 16.5. The van der Waals surface area contributed by atoms with Crippen LogP contribution in [0.4, 0.5) is 5.69 Å². The van der Waals surface area contributed by atoms with Gasteiger partial charge in [-0.2, -0.15) is 0 Å². The van der Waals surface area contributed by atoms with Crippen LogP contribution >= 0.6 is 0 Å². The lowest BCUT2D eigenvalue weighted by atomic mass is 9.89. The SMILES string of the molecule is CC(=O)OCc1cc(OC(C)(C)CC(C)(C)n2cc(CC(C)C)nn2)ccc1N. The average Bonchev–Trinajstić information content (AvgIpc) is 3.02. The van der Waals surface area contributed by atoms with Gasteiger partial charge in [0.2, 0.25) is 0 Å². The standard InChI is InChI=1S/C22H34N4O3/c1-15(2)10-18-12-26(25-24-18)21(4,5)14-22(6,7)29-19-8-9-20(23)17(11-19)13-28-16(3)27/h8-9,11-12,15H,10,13-14,23H2,1-7H3. The smallest absolute Gasteiger partial charge is 0.302 e. The van der Waals surface area contributed by atoms with Crippen molar-refractivity contribution < 1.29 is 14.3 Å². The molecule has 0 atom stereocenters. The van der Waals surface area contributed by atoms with Crippen LogP contribution in [0.25, 0.3) is 0 Å². The number of ether oxygens (including phenoxy) is 2. The molecule has 2 N–H and O–H groups in total. The summed E-state index contributed by atoms with van der Waals surface area (Å²) in [7, 11) is 0. The molecule has 0 saturated carbocycles. The lowest BCUT2D eigenvalue weighted by Crippen LogP contribution is -2.40. The maximum atomic E-state index is 11.1. The van der Waals surface area contributed by atoms with Gasteiger partial charge in [0.25, 0.3) is 0 Å². The van der Waals surface area contributed by atoms with E-state index in [-0.39, 0.29) is 18.1 Å². The summed E-state index contributed by atoms with van der Waals surface area (Å²) in [4.78, 5) is 11.1. The largest absolute Gasteiger partial charge is 0.488 e. The highest BCUT2D eigenvalue weighted by molar-refractivity contribution is 5.66. The molecule has 0 spiro atoms. The number of aromatic nitrogens is 3. The van der Waals surface area contributed by atoms with E-state index in [1.54, 1.807) is 6.07 Å². The van der Waals surface area contributed by atoms with E-state index >= 15 is 0 Å². The van der Waals surface area contributed by atoms with E-state index in [1.807, 2.05) is 36.9 Å². The molecule has 160 valence electrons. The Morgan fingerprint density at radius 1 is 1.24 bits per heavy atom. The summed E-state index contributed by atoms with van der Waals surface area (Å²) < 4.78 is 13.3. The van der Waals surface area contributed by atoms with E-state index in [1.165, 1.54) is 6.92 Å². The summed E-state index contributed by atoms with van der Waals surface area (Å²) in [6, 6.07) is 5.42. The second kappa shape index (κ2) is 8.84. The van der Waals surface area contributed by atoms with E-state index in [9.17, 15) is 4.79 Å². The van der Waals surface area contributed by atoms with Crippen LogP contribution in [0.3, 0.4) is 0 Å². The van der Waals surface area contributed by atoms with E-state index in [2.05, 4.69) is 38.0 Å². The zero-order valence-corrected chi connectivity index (χ0v) is 18.7. The minimum Gasteiger partial charge on any atom is -0.488 e. The lowest BCUT2D eigenvalue weighted by Gasteiger charge is -2.35. The molecule has 0 amide bonds. The Labute approximate surface area is 173 Å². The number of nitrogens with two attached hydrogens (primary N) is 1. The van der Waals surface area contributed by atoms with Gasteiger partial charge in [-0.15, -0.1) is 5.10 Å². The fraction of sp³-hybridized carbons (Fsp3) is 0.591. The Bertz CT molecular complexity index is 840. The fourth-order valence-corrected chi connectivity index (χ4v) is 3.53. The van der Waals surface area contributed by atoms with Crippen LogP contribution in [-0.4, -0.2) is 26.6 Å². The first-order valence-electron chi connectivity index (χ1n) is 10.0. The number of nitrogens with zero attached hydrogens (tertiary/aromatic N) is 3. The molecule has 0 radical (unpaired) electrons. The number of rotatable bonds is 9. The molecule has 7 nitrogen and oxygen atoms in total. The highest BCUT2D eigenvalue weighted by Gasteiger charge is 2.33. The number of hydrogen-bond donors (Lipinski definition) is 1. The summed E-state index contributed by atoms with van der Waals surface area (Å²) >= 11 is 0. The Morgan fingerprint density at radius 2 is 1.93 bits per heavy atom. The van der Waals surface area contributed by atoms with E-state index in [0.717, 1.165) is 17.7 Å². The molecule has 0 aliphatic carbocycles. The van der Waals surface area contributed by atoms with Crippen LogP contribution < -0.4 is 10.5 Å². The van der Waals surface area contributed by atoms with Crippen molar-refractivity contribution in [2.45, 2.75) is 79.1 Å². The van der Waals surface area contributed by atoms with Gasteiger partial charge >= 0.3 is 5.97 Å². The van der Waals surface area contributed by atoms with Crippen LogP contribution in [0.15, 0.2) is 24.4 Å². The van der Waals surface area contributed by atoms with Crippen molar-refractivity contribution in [1.82, 2.24) is 15.0 Å². The van der Waals surface area contributed by atoms with E-state index < -0.39 is 5.60 Å². The Morgan fingerprint density at radius 3 is 2.55 bits per heavy atom. The quantitative estimate of drug-likeness (QED) is 0.501. The molecule has 0 saturated heterocycles. The van der Waals surface area contributed by atoms with Crippen LogP contribution in [-0.2, 0) is 28.1 Å². The second-order valence-corrected chi connectivity index (χ2v) is 9.24. The average molecular weight is 403 g/mol. The van der Waals surface area contributed by atoms with Crippen LogP contribution in [0.1, 0.15) is 66.1 Å². The van der Waals surface area contributed by atoms with Gasteiger partial charge < -0.3 is 15.2 Å². The van der Waals surface area contributed by atoms with Crippen LogP contribution in [0.2, 0.25) is 0 Å². The molecule has 2 aromatic rings. The third kappa shape index (κ3) is 6.76. The number of anilines is 1. The molecule has 7 heteroatoms. The van der Waals surface area contributed by atoms with Gasteiger partial charge in [0.05, 0.1) is 11.2 Å². The molecule has 0 aliphatic heterocycles. The van der Waals surface area contributed by atoms with Gasteiger partial charge in [-0.25, -0.2) is 4.68 Å². The first kappa shape index (κ1) is 22.7. The first-order valence-corrected chi connectivity index (χ1v) is 10.0. The molecule has 0 unspecified atom stereocenters. The van der Waals surface area contributed by atoms with Gasteiger partial charge in [0, 0.05) is 30.8 Å². The lowest BCUT2D eigenvalue weighted by molar-refractivity contribution is -0.142. The molecular weight excluding hydrogens is 368 g/mol. The third-order valence-electron chi connectivity index (χ3n) is 4.58. The minimum atomic E-state index is -0.470. The summed E-state index contributed by atoms with van der Waals surface area (Å²) in [5, 5.41) is 8.65. The van der Waals surface area contributed by atoms with Gasteiger partial charge in [0.1, 0.15) is 18.0 Å². The van der Waals surface area contributed by atoms with Gasteiger partial charge in [-0.05, 0) is 58.2 Å². The van der Waals surface area contributed by atoms with Gasteiger partial charge in [-0.3, -0.25) is 4.79 Å². The predicted molar refractivity (Wildman–Crippen MR) is 114 cm³/mol. The second-order valence-electron chi connectivity index (χ2n) is 9.24. The number of hydrogen-bond acceptors (Lipinski definition) is 6. The third-order valence-corrected chi connectivity index (χ3v) is 4.58. The van der Waals surface area contributed by atoms with Gasteiger partial charge in [-0.1, -0.05) is 19.1 Å². The highest BCUT2D eigenvalue weighted by Crippen LogP contribution is 2.32. The van der Waals surface area contributed by atoms with Crippen molar-refractivity contribution in [1.29, 1.82) is 0 Å². The van der Waals surface area contributed by atoms with Crippen molar-refractivity contribution in [3.05, 3.63) is 35.7 Å². The normalized spacial score (nSPS) is 12.3. The van der Waals surface area contributed by atoms with E-state index in [0.29, 0.717) is 23.8 Å². The predicted octanol–water partition coefficient (Wildman–Crippen LogP) is 4.10. The van der Waals surface area contributed by atoms with Crippen molar-refractivity contribution in [2.24, 2.45) is 5.92 Å². The zero-order valence-electron chi connectivity index (χ0n) is 18.7. The minimum absolute atomic E-state index is 0.127. The summed E-state index contributed by atoms with van der Waals surface area (Å²) in [5.41, 5.74) is 7.53. The monoisotopic (exact) mass is 402 g/mol. The summed E-state index contributed by atoms with van der Waals surface area (Å²) in [6.45, 7) is 14.2. The Kier molecular flexibility index (Phi) is 6.93. The maximum Gasteiger partial charge on any atom is 0.302 e. The molecule has 0 aliphatic rings. The molecule has 29 heavy (non-hydrogen) atoms. The molecular formula is C22H34N4O3. The van der Waals surface area contributed by atoms with E-state index in [4.69, 9.17) is 15.2 Å². The zero-order chi connectivity index (χ0) is 21.8. The van der Waals surface area contributed by atoms with Crippen LogP contribution in [0, 0.1) is 5.92 Å². The number of carbonyl (C=O) groups excluding carboxylic acids is 1. The summed E-state index contributed by atoms with van der Waals surface area (Å²) in [5.74, 6) is 0.874. The van der Waals surface area contributed by atoms with Gasteiger partial charge in [0.15, 0.2) is 0 Å². The maximum absolute atomic E-state index is 11.1. The van der Waals surface area contributed by atoms with Crippen molar-refractivity contribution in [3.63, 3.8) is 0 Å². The molecule has 1 heterocycles. The number of nitrogen functional groups attached to an aromatic ring is 1. The van der Waals surface area contributed by atoms with Crippen molar-refractivity contribution >= 4 is 11.7 Å². The van der Waals surface area contributed by atoms with Crippen LogP contribution in [0.5, 0.6) is 5.75 Å². The molecule has 2 rings (SSSR count). The Hall–Kier alpha value is -2.57.